The maximum atomic E-state index is 3.95. The van der Waals surface area contributed by atoms with Crippen LogP contribution in [0.25, 0.3) is 0 Å². The minimum absolute atomic E-state index is 0.840. The van der Waals surface area contributed by atoms with Crippen LogP contribution in [-0.2, 0) is 0 Å². The second kappa shape index (κ2) is 6.78. The van der Waals surface area contributed by atoms with Crippen LogP contribution in [-0.4, -0.2) is 12.1 Å². The van der Waals surface area contributed by atoms with Crippen molar-refractivity contribution in [3.05, 3.63) is 0 Å². The largest absolute Gasteiger partial charge is 0.311 e. The Balaban J connectivity index is 1.71. The molecule has 100 valence electrons. The van der Waals surface area contributed by atoms with E-state index in [-0.39, 0.29) is 0 Å². The third-order valence-corrected chi connectivity index (χ3v) is 4.95. The van der Waals surface area contributed by atoms with Crippen LogP contribution in [0.3, 0.4) is 0 Å². The third-order valence-electron chi connectivity index (χ3n) is 4.95. The SMILES string of the molecule is CCCC1CCCC(NC2CCC(C)C2)CC1. The van der Waals surface area contributed by atoms with Crippen LogP contribution in [0.15, 0.2) is 0 Å². The summed E-state index contributed by atoms with van der Waals surface area (Å²) >= 11 is 0. The molecule has 1 N–H and O–H groups in total. The fraction of sp³-hybridized carbons (Fsp3) is 1.00. The van der Waals surface area contributed by atoms with E-state index in [1.807, 2.05) is 0 Å². The monoisotopic (exact) mass is 237 g/mol. The lowest BCUT2D eigenvalue weighted by Crippen LogP contribution is -2.36. The first-order chi connectivity index (χ1) is 8.28. The first-order valence-electron chi connectivity index (χ1n) is 8.04. The van der Waals surface area contributed by atoms with Gasteiger partial charge in [0.15, 0.2) is 0 Å². The van der Waals surface area contributed by atoms with Crippen LogP contribution in [0.2, 0.25) is 0 Å². The first kappa shape index (κ1) is 13.4. The number of hydrogen-bond acceptors (Lipinski definition) is 1. The van der Waals surface area contributed by atoms with Crippen molar-refractivity contribution in [2.24, 2.45) is 11.8 Å². The lowest BCUT2D eigenvalue weighted by Gasteiger charge is -2.21. The molecule has 1 heteroatoms. The van der Waals surface area contributed by atoms with Crippen molar-refractivity contribution in [2.75, 3.05) is 0 Å². The molecule has 0 heterocycles. The van der Waals surface area contributed by atoms with Crippen molar-refractivity contribution in [3.63, 3.8) is 0 Å². The molecule has 4 atom stereocenters. The standard InChI is InChI=1S/C16H31N/c1-3-5-14-6-4-7-15(11-9-14)17-16-10-8-13(2)12-16/h13-17H,3-12H2,1-2H3. The fourth-order valence-electron chi connectivity index (χ4n) is 3.93. The molecule has 0 aromatic carbocycles. The summed E-state index contributed by atoms with van der Waals surface area (Å²) in [6.45, 7) is 4.74. The van der Waals surface area contributed by atoms with E-state index < -0.39 is 0 Å². The summed E-state index contributed by atoms with van der Waals surface area (Å²) in [5.74, 6) is 2.00. The molecule has 2 rings (SSSR count). The molecule has 0 spiro atoms. The van der Waals surface area contributed by atoms with Gasteiger partial charge in [0.25, 0.3) is 0 Å². The van der Waals surface area contributed by atoms with Crippen LogP contribution < -0.4 is 5.32 Å². The van der Waals surface area contributed by atoms with Gasteiger partial charge in [0.2, 0.25) is 0 Å². The van der Waals surface area contributed by atoms with Gasteiger partial charge in [-0.1, -0.05) is 39.5 Å². The summed E-state index contributed by atoms with van der Waals surface area (Å²) in [5, 5.41) is 3.95. The van der Waals surface area contributed by atoms with Crippen molar-refractivity contribution < 1.29 is 0 Å². The fourth-order valence-corrected chi connectivity index (χ4v) is 3.93. The molecule has 0 radical (unpaired) electrons. The molecule has 0 amide bonds. The normalized spacial score (nSPS) is 39.2. The van der Waals surface area contributed by atoms with E-state index in [1.165, 1.54) is 64.2 Å². The molecule has 2 aliphatic carbocycles. The first-order valence-corrected chi connectivity index (χ1v) is 8.04. The average molecular weight is 237 g/mol. The molecule has 1 nitrogen and oxygen atoms in total. The van der Waals surface area contributed by atoms with Gasteiger partial charge in [-0.3, -0.25) is 0 Å². The minimum atomic E-state index is 0.840. The van der Waals surface area contributed by atoms with E-state index in [0.717, 1.165) is 23.9 Å². The summed E-state index contributed by atoms with van der Waals surface area (Å²) < 4.78 is 0. The van der Waals surface area contributed by atoms with E-state index in [2.05, 4.69) is 19.2 Å². The highest BCUT2D eigenvalue weighted by molar-refractivity contribution is 4.83. The Kier molecular flexibility index (Phi) is 5.34. The maximum Gasteiger partial charge on any atom is 0.00722 e. The third kappa shape index (κ3) is 4.28. The Morgan fingerprint density at radius 2 is 1.76 bits per heavy atom. The molecule has 0 saturated heterocycles. The van der Waals surface area contributed by atoms with Crippen LogP contribution in [0, 0.1) is 11.8 Å². The zero-order chi connectivity index (χ0) is 12.1. The molecule has 0 bridgehead atoms. The highest BCUT2D eigenvalue weighted by Gasteiger charge is 2.25. The van der Waals surface area contributed by atoms with Crippen molar-refractivity contribution in [1.29, 1.82) is 0 Å². The van der Waals surface area contributed by atoms with Crippen LogP contribution in [0.1, 0.15) is 78.1 Å². The molecule has 2 aliphatic rings. The lowest BCUT2D eigenvalue weighted by atomic mass is 9.95. The van der Waals surface area contributed by atoms with Crippen molar-refractivity contribution in [2.45, 2.75) is 90.1 Å². The zero-order valence-electron chi connectivity index (χ0n) is 11.9. The Morgan fingerprint density at radius 1 is 0.941 bits per heavy atom. The van der Waals surface area contributed by atoms with Gasteiger partial charge in [0.05, 0.1) is 0 Å². The molecular weight excluding hydrogens is 206 g/mol. The highest BCUT2D eigenvalue weighted by atomic mass is 15.0. The predicted molar refractivity (Wildman–Crippen MR) is 75.2 cm³/mol. The Bertz CT molecular complexity index is 214. The van der Waals surface area contributed by atoms with Crippen molar-refractivity contribution >= 4 is 0 Å². The van der Waals surface area contributed by atoms with Gasteiger partial charge in [-0.2, -0.15) is 0 Å². The predicted octanol–water partition coefficient (Wildman–Crippen LogP) is 4.51. The Morgan fingerprint density at radius 3 is 2.47 bits per heavy atom. The van der Waals surface area contributed by atoms with E-state index in [9.17, 15) is 0 Å². The van der Waals surface area contributed by atoms with E-state index in [1.54, 1.807) is 0 Å². The summed E-state index contributed by atoms with van der Waals surface area (Å²) in [6.07, 6.45) is 14.5. The van der Waals surface area contributed by atoms with Crippen molar-refractivity contribution in [3.8, 4) is 0 Å². The van der Waals surface area contributed by atoms with Gasteiger partial charge in [0.1, 0.15) is 0 Å². The molecule has 4 unspecified atom stereocenters. The second-order valence-electron chi connectivity index (χ2n) is 6.64. The zero-order valence-corrected chi connectivity index (χ0v) is 11.9. The Hall–Kier alpha value is -0.0400. The number of hydrogen-bond donors (Lipinski definition) is 1. The molecule has 2 saturated carbocycles. The molecular formula is C16H31N. The quantitative estimate of drug-likeness (QED) is 0.709. The molecule has 0 aromatic rings. The maximum absolute atomic E-state index is 3.95. The van der Waals surface area contributed by atoms with E-state index in [4.69, 9.17) is 0 Å². The van der Waals surface area contributed by atoms with Gasteiger partial charge in [0, 0.05) is 12.1 Å². The van der Waals surface area contributed by atoms with E-state index in [0.29, 0.717) is 0 Å². The van der Waals surface area contributed by atoms with Gasteiger partial charge < -0.3 is 5.32 Å². The number of rotatable bonds is 4. The van der Waals surface area contributed by atoms with Gasteiger partial charge in [-0.25, -0.2) is 0 Å². The molecule has 0 aromatic heterocycles. The second-order valence-corrected chi connectivity index (χ2v) is 6.64. The average Bonchev–Trinajstić information content (AvgIpc) is 2.58. The summed E-state index contributed by atoms with van der Waals surface area (Å²) in [7, 11) is 0. The van der Waals surface area contributed by atoms with Crippen molar-refractivity contribution in [1.82, 2.24) is 5.32 Å². The van der Waals surface area contributed by atoms with Crippen LogP contribution in [0.4, 0.5) is 0 Å². The summed E-state index contributed by atoms with van der Waals surface area (Å²) in [6, 6.07) is 1.69. The van der Waals surface area contributed by atoms with Crippen LogP contribution >= 0.6 is 0 Å². The van der Waals surface area contributed by atoms with Crippen LogP contribution in [0.5, 0.6) is 0 Å². The summed E-state index contributed by atoms with van der Waals surface area (Å²) in [4.78, 5) is 0. The number of nitrogens with one attached hydrogen (secondary N) is 1. The molecule has 17 heavy (non-hydrogen) atoms. The van der Waals surface area contributed by atoms with Gasteiger partial charge in [-0.15, -0.1) is 0 Å². The smallest absolute Gasteiger partial charge is 0.00722 e. The molecule has 0 aliphatic heterocycles. The minimum Gasteiger partial charge on any atom is -0.311 e. The highest BCUT2D eigenvalue weighted by Crippen LogP contribution is 2.29. The van der Waals surface area contributed by atoms with Gasteiger partial charge >= 0.3 is 0 Å². The lowest BCUT2D eigenvalue weighted by molar-refractivity contribution is 0.377. The summed E-state index contributed by atoms with van der Waals surface area (Å²) in [5.41, 5.74) is 0. The van der Waals surface area contributed by atoms with E-state index >= 15 is 0 Å². The van der Waals surface area contributed by atoms with Gasteiger partial charge in [-0.05, 0) is 50.4 Å². The topological polar surface area (TPSA) is 12.0 Å². The molecule has 2 fully saturated rings. The Labute approximate surface area is 108 Å².